The third-order valence-corrected chi connectivity index (χ3v) is 4.49. The van der Waals surface area contributed by atoms with E-state index in [1.165, 1.54) is 12.1 Å². The summed E-state index contributed by atoms with van der Waals surface area (Å²) in [4.78, 5) is 0.0799. The highest BCUT2D eigenvalue weighted by Gasteiger charge is 2.11. The number of benzene rings is 2. The van der Waals surface area contributed by atoms with Crippen molar-refractivity contribution < 1.29 is 13.5 Å². The van der Waals surface area contributed by atoms with Gasteiger partial charge in [-0.25, -0.2) is 13.6 Å². The van der Waals surface area contributed by atoms with Gasteiger partial charge >= 0.3 is 0 Å². The normalized spacial score (nSPS) is 11.6. The minimum atomic E-state index is -3.70. The zero-order valence-corrected chi connectivity index (χ0v) is 13.3. The van der Waals surface area contributed by atoms with E-state index in [0.717, 1.165) is 22.5 Å². The number of phenols is 1. The van der Waals surface area contributed by atoms with E-state index < -0.39 is 10.0 Å². The highest BCUT2D eigenvalue weighted by Crippen LogP contribution is 2.27. The Morgan fingerprint density at radius 1 is 1.00 bits per heavy atom. The Kier molecular flexibility index (Phi) is 3.71. The molecule has 0 saturated carbocycles. The fraction of sp³-hybridized carbons (Fsp3) is 0.0588. The molecule has 2 aromatic carbocycles. The first-order valence-corrected chi connectivity index (χ1v) is 8.51. The van der Waals surface area contributed by atoms with E-state index in [1.807, 2.05) is 35.9 Å². The third-order valence-electron chi connectivity index (χ3n) is 3.56. The van der Waals surface area contributed by atoms with Crippen molar-refractivity contribution in [3.63, 3.8) is 0 Å². The number of sulfonamides is 1. The van der Waals surface area contributed by atoms with E-state index in [2.05, 4.69) is 0 Å². The molecule has 6 heteroatoms. The summed E-state index contributed by atoms with van der Waals surface area (Å²) in [5.74, 6) is 0.209. The van der Waals surface area contributed by atoms with Gasteiger partial charge < -0.3 is 9.67 Å². The van der Waals surface area contributed by atoms with E-state index >= 15 is 0 Å². The summed E-state index contributed by atoms with van der Waals surface area (Å²) in [6.07, 6.45) is 1.97. The van der Waals surface area contributed by atoms with Crippen LogP contribution in [0, 0.1) is 6.92 Å². The van der Waals surface area contributed by atoms with E-state index in [-0.39, 0.29) is 10.6 Å². The van der Waals surface area contributed by atoms with Crippen LogP contribution < -0.4 is 5.14 Å². The number of rotatable bonds is 3. The van der Waals surface area contributed by atoms with Gasteiger partial charge in [-0.2, -0.15) is 0 Å². The monoisotopic (exact) mass is 328 g/mol. The summed E-state index contributed by atoms with van der Waals surface area (Å²) in [5, 5.41) is 14.6. The second-order valence-electron chi connectivity index (χ2n) is 5.36. The predicted octanol–water partition coefficient (Wildman–Crippen LogP) is 2.81. The van der Waals surface area contributed by atoms with Gasteiger partial charge in [-0.15, -0.1) is 0 Å². The van der Waals surface area contributed by atoms with E-state index in [4.69, 9.17) is 5.14 Å². The molecular formula is C17H16N2O3S. The predicted molar refractivity (Wildman–Crippen MR) is 89.0 cm³/mol. The molecule has 0 aliphatic rings. The largest absolute Gasteiger partial charge is 0.508 e. The Bertz CT molecular complexity index is 941. The summed E-state index contributed by atoms with van der Waals surface area (Å²) in [5.41, 5.74) is 3.80. The maximum atomic E-state index is 11.4. The van der Waals surface area contributed by atoms with Crippen molar-refractivity contribution in [2.24, 2.45) is 5.14 Å². The van der Waals surface area contributed by atoms with Crippen molar-refractivity contribution in [3.8, 4) is 22.7 Å². The summed E-state index contributed by atoms with van der Waals surface area (Å²) >= 11 is 0. The third kappa shape index (κ3) is 3.13. The van der Waals surface area contributed by atoms with Gasteiger partial charge in [0.05, 0.1) is 10.6 Å². The Hall–Kier alpha value is -2.57. The molecule has 0 unspecified atom stereocenters. The Labute approximate surface area is 134 Å². The van der Waals surface area contributed by atoms with Crippen LogP contribution in [0.1, 0.15) is 5.56 Å². The second-order valence-corrected chi connectivity index (χ2v) is 6.92. The Balaban J connectivity index is 2.09. The molecule has 3 N–H and O–H groups in total. The van der Waals surface area contributed by atoms with Crippen LogP contribution in [0.25, 0.3) is 16.9 Å². The number of hydrogen-bond acceptors (Lipinski definition) is 3. The highest BCUT2D eigenvalue weighted by atomic mass is 32.2. The van der Waals surface area contributed by atoms with Crippen LogP contribution in [0.5, 0.6) is 5.75 Å². The lowest BCUT2D eigenvalue weighted by atomic mass is 10.1. The smallest absolute Gasteiger partial charge is 0.238 e. The molecule has 0 atom stereocenters. The van der Waals surface area contributed by atoms with Crippen molar-refractivity contribution in [2.45, 2.75) is 11.8 Å². The summed E-state index contributed by atoms with van der Waals surface area (Å²) in [6, 6.07) is 15.4. The number of aromatic nitrogens is 1. The van der Waals surface area contributed by atoms with Gasteiger partial charge in [-0.3, -0.25) is 0 Å². The average molecular weight is 328 g/mol. The lowest BCUT2D eigenvalue weighted by Gasteiger charge is -2.10. The first-order valence-electron chi connectivity index (χ1n) is 6.96. The van der Waals surface area contributed by atoms with Gasteiger partial charge in [0.1, 0.15) is 5.75 Å². The van der Waals surface area contributed by atoms with Gasteiger partial charge in [0.15, 0.2) is 0 Å². The molecule has 0 bridgehead atoms. The first-order chi connectivity index (χ1) is 10.8. The number of aromatic hydroxyl groups is 1. The van der Waals surface area contributed by atoms with Gasteiger partial charge in [-0.1, -0.05) is 0 Å². The first kappa shape index (κ1) is 15.3. The van der Waals surface area contributed by atoms with Crippen LogP contribution in [-0.4, -0.2) is 18.1 Å². The van der Waals surface area contributed by atoms with Gasteiger partial charge in [0, 0.05) is 11.9 Å². The maximum Gasteiger partial charge on any atom is 0.238 e. The SMILES string of the molecule is Cc1cc(-c2ccc(O)cc2)n(-c2ccc(S(N)(=O)=O)cc2)c1. The summed E-state index contributed by atoms with van der Waals surface area (Å²) < 4.78 is 24.7. The fourth-order valence-electron chi connectivity index (χ4n) is 2.46. The molecule has 1 heterocycles. The molecule has 0 aliphatic heterocycles. The quantitative estimate of drug-likeness (QED) is 0.775. The molecule has 0 amide bonds. The zero-order valence-electron chi connectivity index (χ0n) is 12.5. The van der Waals surface area contributed by atoms with E-state index in [0.29, 0.717) is 0 Å². The standard InChI is InChI=1S/C17H16N2O3S/c1-12-10-17(13-2-6-15(20)7-3-13)19(11-12)14-4-8-16(9-5-14)23(18,21)22/h2-11,20H,1H3,(H2,18,21,22). The van der Waals surface area contributed by atoms with Crippen LogP contribution in [0.3, 0.4) is 0 Å². The minimum absolute atomic E-state index is 0.0799. The van der Waals surface area contributed by atoms with E-state index in [9.17, 15) is 13.5 Å². The number of phenolic OH excluding ortho intramolecular Hbond substituents is 1. The Morgan fingerprint density at radius 3 is 2.17 bits per heavy atom. The van der Waals surface area contributed by atoms with Crippen LogP contribution in [-0.2, 0) is 10.0 Å². The van der Waals surface area contributed by atoms with Crippen molar-refractivity contribution in [1.82, 2.24) is 4.57 Å². The molecule has 0 spiro atoms. The van der Waals surface area contributed by atoms with Gasteiger partial charge in [0.2, 0.25) is 10.0 Å². The molecule has 5 nitrogen and oxygen atoms in total. The zero-order chi connectivity index (χ0) is 16.6. The molecule has 0 radical (unpaired) electrons. The summed E-state index contributed by atoms with van der Waals surface area (Å²) in [7, 11) is -3.70. The van der Waals surface area contributed by atoms with Gasteiger partial charge in [-0.05, 0) is 72.6 Å². The lowest BCUT2D eigenvalue weighted by Crippen LogP contribution is -2.12. The number of nitrogens with two attached hydrogens (primary N) is 1. The summed E-state index contributed by atoms with van der Waals surface area (Å²) in [6.45, 7) is 1.99. The van der Waals surface area contributed by atoms with Crippen LogP contribution in [0.4, 0.5) is 0 Å². The highest BCUT2D eigenvalue weighted by molar-refractivity contribution is 7.89. The number of nitrogens with zero attached hydrogens (tertiary/aromatic N) is 1. The molecular weight excluding hydrogens is 312 g/mol. The van der Waals surface area contributed by atoms with Crippen LogP contribution in [0.2, 0.25) is 0 Å². The molecule has 3 rings (SSSR count). The molecule has 0 saturated heterocycles. The number of primary sulfonamides is 1. The van der Waals surface area contributed by atoms with Crippen molar-refractivity contribution >= 4 is 10.0 Å². The molecule has 23 heavy (non-hydrogen) atoms. The van der Waals surface area contributed by atoms with Crippen molar-refractivity contribution in [3.05, 3.63) is 66.4 Å². The minimum Gasteiger partial charge on any atom is -0.508 e. The number of aryl methyl sites for hydroxylation is 1. The van der Waals surface area contributed by atoms with Crippen LogP contribution in [0.15, 0.2) is 65.7 Å². The molecule has 0 fully saturated rings. The maximum absolute atomic E-state index is 11.4. The molecule has 3 aromatic rings. The van der Waals surface area contributed by atoms with Gasteiger partial charge in [0.25, 0.3) is 0 Å². The average Bonchev–Trinajstić information content (AvgIpc) is 2.89. The molecule has 118 valence electrons. The van der Waals surface area contributed by atoms with Crippen LogP contribution >= 0.6 is 0 Å². The molecule has 1 aromatic heterocycles. The second kappa shape index (κ2) is 5.57. The van der Waals surface area contributed by atoms with E-state index in [1.54, 1.807) is 24.3 Å². The van der Waals surface area contributed by atoms with Crippen molar-refractivity contribution in [2.75, 3.05) is 0 Å². The van der Waals surface area contributed by atoms with Crippen molar-refractivity contribution in [1.29, 1.82) is 0 Å². The lowest BCUT2D eigenvalue weighted by molar-refractivity contribution is 0.475. The Morgan fingerprint density at radius 2 is 1.61 bits per heavy atom. The molecule has 0 aliphatic carbocycles. The number of hydrogen-bond donors (Lipinski definition) is 2. The fourth-order valence-corrected chi connectivity index (χ4v) is 2.98. The topological polar surface area (TPSA) is 85.3 Å².